The predicted octanol–water partition coefficient (Wildman–Crippen LogP) is 3.10. The second kappa shape index (κ2) is 6.72. The molecule has 2 N–H and O–H groups in total. The van der Waals surface area contributed by atoms with Crippen molar-refractivity contribution in [1.82, 2.24) is 4.98 Å². The van der Waals surface area contributed by atoms with Gasteiger partial charge >= 0.3 is 0 Å². The molecule has 4 nitrogen and oxygen atoms in total. The van der Waals surface area contributed by atoms with Gasteiger partial charge in [0, 0.05) is 17.3 Å². The molecule has 2 aromatic rings. The first-order valence-corrected chi connectivity index (χ1v) is 7.40. The first-order chi connectivity index (χ1) is 9.60. The smallest absolute Gasteiger partial charge is 0.119 e. The number of hydrogen-bond donors (Lipinski definition) is 1. The number of rotatable bonds is 6. The summed E-state index contributed by atoms with van der Waals surface area (Å²) in [4.78, 5) is 5.69. The maximum absolute atomic E-state index is 5.90. The highest BCUT2D eigenvalue weighted by atomic mass is 32.1. The van der Waals surface area contributed by atoms with Crippen molar-refractivity contribution >= 4 is 11.3 Å². The van der Waals surface area contributed by atoms with Crippen LogP contribution in [0, 0.1) is 6.92 Å². The van der Waals surface area contributed by atoms with Crippen LogP contribution in [-0.2, 0) is 6.42 Å². The minimum atomic E-state index is 0.0451. The highest BCUT2D eigenvalue weighted by molar-refractivity contribution is 7.11. The van der Waals surface area contributed by atoms with Gasteiger partial charge in [-0.3, -0.25) is 0 Å². The highest BCUT2D eigenvalue weighted by Crippen LogP contribution is 2.24. The summed E-state index contributed by atoms with van der Waals surface area (Å²) in [6.45, 7) is 4.60. The molecule has 1 heterocycles. The number of ether oxygens (including phenoxy) is 2. The van der Waals surface area contributed by atoms with Gasteiger partial charge in [0.1, 0.15) is 11.5 Å². The van der Waals surface area contributed by atoms with Crippen molar-refractivity contribution in [2.45, 2.75) is 26.3 Å². The number of thiazole rings is 1. The van der Waals surface area contributed by atoms with Crippen LogP contribution in [0.3, 0.4) is 0 Å². The maximum Gasteiger partial charge on any atom is 0.119 e. The number of aromatic nitrogens is 1. The molecule has 1 aromatic carbocycles. The van der Waals surface area contributed by atoms with E-state index < -0.39 is 0 Å². The Hall–Kier alpha value is -1.59. The fraction of sp³-hybridized carbons (Fsp3) is 0.400. The zero-order valence-corrected chi connectivity index (χ0v) is 12.9. The van der Waals surface area contributed by atoms with Crippen molar-refractivity contribution in [2.75, 3.05) is 13.7 Å². The number of nitrogens with two attached hydrogens (primary N) is 1. The molecule has 0 aliphatic carbocycles. The second-order valence-electron chi connectivity index (χ2n) is 4.62. The summed E-state index contributed by atoms with van der Waals surface area (Å²) in [7, 11) is 1.65. The number of benzene rings is 1. The third-order valence-electron chi connectivity index (χ3n) is 2.93. The molecule has 2 rings (SSSR count). The molecule has 0 bridgehead atoms. The van der Waals surface area contributed by atoms with Gasteiger partial charge in [-0.1, -0.05) is 0 Å². The van der Waals surface area contributed by atoms with Crippen LogP contribution in [0.25, 0.3) is 0 Å². The van der Waals surface area contributed by atoms with E-state index >= 15 is 0 Å². The fourth-order valence-electron chi connectivity index (χ4n) is 1.92. The number of aryl methyl sites for hydroxylation is 1. The number of nitrogens with zero attached hydrogens (tertiary/aromatic N) is 1. The van der Waals surface area contributed by atoms with Crippen LogP contribution in [0.15, 0.2) is 24.3 Å². The van der Waals surface area contributed by atoms with Crippen LogP contribution in [-0.4, -0.2) is 18.7 Å². The van der Waals surface area contributed by atoms with Gasteiger partial charge in [-0.15, -0.1) is 11.3 Å². The van der Waals surface area contributed by atoms with Crippen LogP contribution in [0.1, 0.15) is 28.5 Å². The lowest BCUT2D eigenvalue weighted by Crippen LogP contribution is -2.03. The molecule has 0 fully saturated rings. The summed E-state index contributed by atoms with van der Waals surface area (Å²) in [5.74, 6) is 1.67. The Balaban J connectivity index is 1.87. The molecule has 1 unspecified atom stereocenters. The van der Waals surface area contributed by atoms with Gasteiger partial charge in [-0.05, 0) is 38.1 Å². The van der Waals surface area contributed by atoms with E-state index in [9.17, 15) is 0 Å². The normalized spacial score (nSPS) is 12.2. The number of hydrogen-bond acceptors (Lipinski definition) is 5. The van der Waals surface area contributed by atoms with Gasteiger partial charge < -0.3 is 15.2 Å². The minimum Gasteiger partial charge on any atom is -0.497 e. The standard InChI is InChI=1S/C15H20N2O2S/c1-10(16)15-11(2)17-14(20-15)8-9-19-13-6-4-12(18-3)5-7-13/h4-7,10H,8-9,16H2,1-3H3. The molecule has 1 aromatic heterocycles. The molecule has 0 aliphatic rings. The van der Waals surface area contributed by atoms with E-state index in [-0.39, 0.29) is 6.04 Å². The molecule has 0 saturated carbocycles. The van der Waals surface area contributed by atoms with Gasteiger partial charge in [0.2, 0.25) is 0 Å². The van der Waals surface area contributed by atoms with Crippen LogP contribution in [0.2, 0.25) is 0 Å². The van der Waals surface area contributed by atoms with Crippen molar-refractivity contribution in [1.29, 1.82) is 0 Å². The van der Waals surface area contributed by atoms with Gasteiger partial charge in [-0.25, -0.2) is 4.98 Å². The zero-order valence-electron chi connectivity index (χ0n) is 12.1. The summed E-state index contributed by atoms with van der Waals surface area (Å²) in [6.07, 6.45) is 0.796. The summed E-state index contributed by atoms with van der Waals surface area (Å²) < 4.78 is 10.8. The second-order valence-corrected chi connectivity index (χ2v) is 5.74. The van der Waals surface area contributed by atoms with Crippen molar-refractivity contribution in [3.05, 3.63) is 39.8 Å². The van der Waals surface area contributed by atoms with E-state index in [1.54, 1.807) is 18.4 Å². The van der Waals surface area contributed by atoms with Gasteiger partial charge in [-0.2, -0.15) is 0 Å². The third kappa shape index (κ3) is 3.71. The van der Waals surface area contributed by atoms with Crippen LogP contribution >= 0.6 is 11.3 Å². The van der Waals surface area contributed by atoms with E-state index in [1.165, 1.54) is 0 Å². The summed E-state index contributed by atoms with van der Waals surface area (Å²) in [5.41, 5.74) is 6.93. The fourth-order valence-corrected chi connectivity index (χ4v) is 2.92. The van der Waals surface area contributed by atoms with Gasteiger partial charge in [0.25, 0.3) is 0 Å². The van der Waals surface area contributed by atoms with Crippen LogP contribution in [0.5, 0.6) is 11.5 Å². The van der Waals surface area contributed by atoms with E-state index in [1.807, 2.05) is 38.1 Å². The Kier molecular flexibility index (Phi) is 4.98. The first-order valence-electron chi connectivity index (χ1n) is 6.58. The maximum atomic E-state index is 5.90. The average Bonchev–Trinajstić information content (AvgIpc) is 2.81. The Morgan fingerprint density at radius 3 is 2.45 bits per heavy atom. The van der Waals surface area contributed by atoms with E-state index in [2.05, 4.69) is 4.98 Å². The van der Waals surface area contributed by atoms with Crippen LogP contribution in [0.4, 0.5) is 0 Å². The molecule has 0 aliphatic heterocycles. The van der Waals surface area contributed by atoms with Crippen molar-refractivity contribution < 1.29 is 9.47 Å². The van der Waals surface area contributed by atoms with Crippen LogP contribution < -0.4 is 15.2 Å². The molecule has 0 saturated heterocycles. The highest BCUT2D eigenvalue weighted by Gasteiger charge is 2.10. The average molecular weight is 292 g/mol. The summed E-state index contributed by atoms with van der Waals surface area (Å²) in [6, 6.07) is 7.62. The molecule has 20 heavy (non-hydrogen) atoms. The minimum absolute atomic E-state index is 0.0451. The van der Waals surface area contributed by atoms with Gasteiger partial charge in [0.15, 0.2) is 0 Å². The zero-order chi connectivity index (χ0) is 14.5. The predicted molar refractivity (Wildman–Crippen MR) is 81.6 cm³/mol. The van der Waals surface area contributed by atoms with Crippen molar-refractivity contribution in [3.8, 4) is 11.5 Å². The lowest BCUT2D eigenvalue weighted by Gasteiger charge is -2.05. The molecular formula is C15H20N2O2S. The van der Waals surface area contributed by atoms with E-state index in [0.29, 0.717) is 6.61 Å². The quantitative estimate of drug-likeness (QED) is 0.889. The van der Waals surface area contributed by atoms with Gasteiger partial charge in [0.05, 0.1) is 24.4 Å². The Bertz CT molecular complexity index is 550. The molecule has 108 valence electrons. The first kappa shape index (κ1) is 14.8. The van der Waals surface area contributed by atoms with E-state index in [0.717, 1.165) is 33.5 Å². The largest absolute Gasteiger partial charge is 0.497 e. The third-order valence-corrected chi connectivity index (χ3v) is 4.35. The molecule has 0 spiro atoms. The summed E-state index contributed by atoms with van der Waals surface area (Å²) in [5, 5.41) is 1.07. The summed E-state index contributed by atoms with van der Waals surface area (Å²) >= 11 is 1.67. The Morgan fingerprint density at radius 2 is 1.90 bits per heavy atom. The Labute approximate surface area is 123 Å². The molecule has 5 heteroatoms. The lowest BCUT2D eigenvalue weighted by atomic mass is 10.2. The molecule has 1 atom stereocenters. The monoisotopic (exact) mass is 292 g/mol. The molecule has 0 radical (unpaired) electrons. The molecular weight excluding hydrogens is 272 g/mol. The molecule has 0 amide bonds. The Morgan fingerprint density at radius 1 is 1.25 bits per heavy atom. The van der Waals surface area contributed by atoms with Crippen molar-refractivity contribution in [2.24, 2.45) is 5.73 Å². The SMILES string of the molecule is COc1ccc(OCCc2nc(C)c(C(C)N)s2)cc1. The lowest BCUT2D eigenvalue weighted by molar-refractivity contribution is 0.321. The van der Waals surface area contributed by atoms with E-state index in [4.69, 9.17) is 15.2 Å². The topological polar surface area (TPSA) is 57.4 Å². The van der Waals surface area contributed by atoms with Crippen molar-refractivity contribution in [3.63, 3.8) is 0 Å². The number of methoxy groups -OCH3 is 1.